The molecule has 1 aromatic heterocycles. The van der Waals surface area contributed by atoms with E-state index in [4.69, 9.17) is 5.73 Å². The van der Waals surface area contributed by atoms with Gasteiger partial charge in [-0.2, -0.15) is 0 Å². The summed E-state index contributed by atoms with van der Waals surface area (Å²) in [4.78, 5) is 23.4. The molecule has 0 atom stereocenters. The van der Waals surface area contributed by atoms with Crippen LogP contribution in [-0.2, 0) is 0 Å². The number of aromatic nitrogens is 2. The Morgan fingerprint density at radius 1 is 1.29 bits per heavy atom. The zero-order valence-corrected chi connectivity index (χ0v) is 10.6. The van der Waals surface area contributed by atoms with E-state index in [0.29, 0.717) is 6.54 Å². The molecule has 6 heteroatoms. The number of nitrogens with two attached hydrogens (primary N) is 1. The molecule has 1 heterocycles. The first-order valence-corrected chi connectivity index (χ1v) is 5.48. The highest BCUT2D eigenvalue weighted by atomic mass is 16.2. The number of nitrogen functional groups attached to an aromatic ring is 1. The highest BCUT2D eigenvalue weighted by Gasteiger charge is 2.13. The van der Waals surface area contributed by atoms with E-state index in [9.17, 15) is 4.79 Å². The molecule has 2 N–H and O–H groups in total. The minimum atomic E-state index is -0.149. The Kier molecular flexibility index (Phi) is 4.84. The fourth-order valence-electron chi connectivity index (χ4n) is 1.41. The fraction of sp³-hybridized carbons (Fsp3) is 0.545. The molecule has 0 fully saturated rings. The number of hydrogen-bond donors (Lipinski definition) is 1. The molecule has 1 rings (SSSR count). The van der Waals surface area contributed by atoms with E-state index in [2.05, 4.69) is 14.9 Å². The van der Waals surface area contributed by atoms with Crippen LogP contribution in [0.15, 0.2) is 12.4 Å². The van der Waals surface area contributed by atoms with Gasteiger partial charge in [0, 0.05) is 13.6 Å². The SMILES string of the molecule is CN(C)CCCN(C)C(=O)c1cncc(N)n1. The van der Waals surface area contributed by atoms with Crippen molar-refractivity contribution in [3.8, 4) is 0 Å². The summed E-state index contributed by atoms with van der Waals surface area (Å²) in [6.45, 7) is 1.63. The third-order valence-corrected chi connectivity index (χ3v) is 2.32. The monoisotopic (exact) mass is 237 g/mol. The van der Waals surface area contributed by atoms with E-state index >= 15 is 0 Å². The third kappa shape index (κ3) is 4.36. The van der Waals surface area contributed by atoms with Gasteiger partial charge in [0.05, 0.1) is 12.4 Å². The first-order chi connectivity index (χ1) is 8.00. The summed E-state index contributed by atoms with van der Waals surface area (Å²) < 4.78 is 0. The van der Waals surface area contributed by atoms with Crippen molar-refractivity contribution in [1.82, 2.24) is 19.8 Å². The van der Waals surface area contributed by atoms with Crippen molar-refractivity contribution in [2.24, 2.45) is 0 Å². The number of nitrogens with zero attached hydrogens (tertiary/aromatic N) is 4. The highest BCUT2D eigenvalue weighted by molar-refractivity contribution is 5.92. The number of hydrogen-bond acceptors (Lipinski definition) is 5. The van der Waals surface area contributed by atoms with Crippen LogP contribution in [0.5, 0.6) is 0 Å². The molecule has 0 spiro atoms. The molecule has 6 nitrogen and oxygen atoms in total. The fourth-order valence-corrected chi connectivity index (χ4v) is 1.41. The lowest BCUT2D eigenvalue weighted by Gasteiger charge is -2.18. The van der Waals surface area contributed by atoms with Crippen LogP contribution >= 0.6 is 0 Å². The molecule has 0 unspecified atom stereocenters. The number of carbonyl (C=O) groups is 1. The molecule has 0 saturated carbocycles. The average molecular weight is 237 g/mol. The average Bonchev–Trinajstić information content (AvgIpc) is 2.27. The smallest absolute Gasteiger partial charge is 0.273 e. The first kappa shape index (κ1) is 13.4. The van der Waals surface area contributed by atoms with Gasteiger partial charge in [-0.05, 0) is 27.1 Å². The number of carbonyl (C=O) groups excluding carboxylic acids is 1. The van der Waals surface area contributed by atoms with Crippen molar-refractivity contribution in [3.63, 3.8) is 0 Å². The van der Waals surface area contributed by atoms with Gasteiger partial charge < -0.3 is 15.5 Å². The Hall–Kier alpha value is -1.69. The molecule has 0 aromatic carbocycles. The molecule has 17 heavy (non-hydrogen) atoms. The molecular formula is C11H19N5O. The van der Waals surface area contributed by atoms with Gasteiger partial charge in [-0.25, -0.2) is 4.98 Å². The Morgan fingerprint density at radius 2 is 2.00 bits per heavy atom. The molecule has 94 valence electrons. The lowest BCUT2D eigenvalue weighted by atomic mass is 10.3. The summed E-state index contributed by atoms with van der Waals surface area (Å²) in [7, 11) is 5.76. The van der Waals surface area contributed by atoms with Crippen molar-refractivity contribution >= 4 is 11.7 Å². The zero-order valence-electron chi connectivity index (χ0n) is 10.6. The van der Waals surface area contributed by atoms with Gasteiger partial charge in [-0.1, -0.05) is 0 Å². The van der Waals surface area contributed by atoms with Gasteiger partial charge in [-0.3, -0.25) is 9.78 Å². The standard InChI is InChI=1S/C11H19N5O/c1-15(2)5-4-6-16(3)11(17)9-7-13-8-10(12)14-9/h7-8H,4-6H2,1-3H3,(H2,12,14). The summed E-state index contributed by atoms with van der Waals surface area (Å²) in [5, 5.41) is 0. The van der Waals surface area contributed by atoms with Crippen LogP contribution in [-0.4, -0.2) is 59.9 Å². The maximum atomic E-state index is 11.9. The van der Waals surface area contributed by atoms with E-state index in [1.54, 1.807) is 11.9 Å². The molecule has 0 saturated heterocycles. The Balaban J connectivity index is 2.52. The highest BCUT2D eigenvalue weighted by Crippen LogP contribution is 2.02. The van der Waals surface area contributed by atoms with Crippen molar-refractivity contribution in [2.45, 2.75) is 6.42 Å². The van der Waals surface area contributed by atoms with Crippen LogP contribution in [0.3, 0.4) is 0 Å². The quantitative estimate of drug-likeness (QED) is 0.785. The molecule has 1 amide bonds. The third-order valence-electron chi connectivity index (χ3n) is 2.32. The summed E-state index contributed by atoms with van der Waals surface area (Å²) in [5.74, 6) is 0.112. The topological polar surface area (TPSA) is 75.3 Å². The molecule has 0 bridgehead atoms. The van der Waals surface area contributed by atoms with E-state index in [1.807, 2.05) is 14.1 Å². The zero-order chi connectivity index (χ0) is 12.8. The summed E-state index contributed by atoms with van der Waals surface area (Å²) in [5.41, 5.74) is 5.77. The van der Waals surface area contributed by atoms with Gasteiger partial charge in [0.25, 0.3) is 5.91 Å². The molecule has 1 aromatic rings. The maximum absolute atomic E-state index is 11.9. The summed E-state index contributed by atoms with van der Waals surface area (Å²) in [6.07, 6.45) is 3.77. The second-order valence-electron chi connectivity index (χ2n) is 4.21. The van der Waals surface area contributed by atoms with Crippen LogP contribution in [0.25, 0.3) is 0 Å². The van der Waals surface area contributed by atoms with Crippen molar-refractivity contribution in [3.05, 3.63) is 18.1 Å². The number of anilines is 1. The molecule has 0 radical (unpaired) electrons. The minimum absolute atomic E-state index is 0.149. The van der Waals surface area contributed by atoms with Crippen LogP contribution < -0.4 is 5.73 Å². The van der Waals surface area contributed by atoms with E-state index in [-0.39, 0.29) is 17.4 Å². The minimum Gasteiger partial charge on any atom is -0.382 e. The molecule has 0 aliphatic carbocycles. The lowest BCUT2D eigenvalue weighted by Crippen LogP contribution is -2.30. The second kappa shape index (κ2) is 6.15. The molecular weight excluding hydrogens is 218 g/mol. The lowest BCUT2D eigenvalue weighted by molar-refractivity contribution is 0.0784. The van der Waals surface area contributed by atoms with E-state index < -0.39 is 0 Å². The van der Waals surface area contributed by atoms with Gasteiger partial charge in [-0.15, -0.1) is 0 Å². The van der Waals surface area contributed by atoms with Crippen molar-refractivity contribution in [2.75, 3.05) is 40.0 Å². The van der Waals surface area contributed by atoms with E-state index in [0.717, 1.165) is 13.0 Å². The van der Waals surface area contributed by atoms with E-state index in [1.165, 1.54) is 12.4 Å². The Morgan fingerprint density at radius 3 is 2.59 bits per heavy atom. The van der Waals surface area contributed by atoms with Crippen LogP contribution in [0, 0.1) is 0 Å². The second-order valence-corrected chi connectivity index (χ2v) is 4.21. The first-order valence-electron chi connectivity index (χ1n) is 5.48. The number of rotatable bonds is 5. The van der Waals surface area contributed by atoms with Crippen LogP contribution in [0.4, 0.5) is 5.82 Å². The normalized spacial score (nSPS) is 10.6. The van der Waals surface area contributed by atoms with Crippen molar-refractivity contribution < 1.29 is 4.79 Å². The predicted molar refractivity (Wildman–Crippen MR) is 66.6 cm³/mol. The summed E-state index contributed by atoms with van der Waals surface area (Å²) in [6, 6.07) is 0. The summed E-state index contributed by atoms with van der Waals surface area (Å²) >= 11 is 0. The molecule has 0 aliphatic heterocycles. The largest absolute Gasteiger partial charge is 0.382 e. The van der Waals surface area contributed by atoms with Gasteiger partial charge in [0.1, 0.15) is 11.5 Å². The molecule has 0 aliphatic rings. The predicted octanol–water partition coefficient (Wildman–Crippen LogP) is 0.0825. The van der Waals surface area contributed by atoms with Gasteiger partial charge in [0.2, 0.25) is 0 Å². The van der Waals surface area contributed by atoms with Gasteiger partial charge in [0.15, 0.2) is 0 Å². The maximum Gasteiger partial charge on any atom is 0.273 e. The van der Waals surface area contributed by atoms with Crippen LogP contribution in [0.2, 0.25) is 0 Å². The van der Waals surface area contributed by atoms with Gasteiger partial charge >= 0.3 is 0 Å². The Bertz CT molecular complexity index is 380. The Labute approximate surface area is 101 Å². The number of amides is 1. The van der Waals surface area contributed by atoms with Crippen molar-refractivity contribution in [1.29, 1.82) is 0 Å². The van der Waals surface area contributed by atoms with Crippen LogP contribution in [0.1, 0.15) is 16.9 Å².